The van der Waals surface area contributed by atoms with Crippen LogP contribution in [0.2, 0.25) is 0 Å². The highest BCUT2D eigenvalue weighted by atomic mass is 19.4. The number of halogens is 6. The zero-order valence-electron chi connectivity index (χ0n) is 17.9. The Bertz CT molecular complexity index is 973. The molecule has 174 valence electrons. The van der Waals surface area contributed by atoms with Crippen LogP contribution < -0.4 is 0 Å². The van der Waals surface area contributed by atoms with Crippen LogP contribution >= 0.6 is 0 Å². The molecule has 2 aromatic rings. The van der Waals surface area contributed by atoms with Crippen LogP contribution in [0.15, 0.2) is 42.5 Å². The van der Waals surface area contributed by atoms with Crippen molar-refractivity contribution in [3.05, 3.63) is 70.3 Å². The Balaban J connectivity index is 2.24. The van der Waals surface area contributed by atoms with Crippen molar-refractivity contribution < 1.29 is 35.9 Å². The molecule has 0 bridgehead atoms. The fraction of sp³-hybridized carbons (Fsp3) is 0.417. The van der Waals surface area contributed by atoms with Gasteiger partial charge in [0.2, 0.25) is 0 Å². The van der Waals surface area contributed by atoms with Gasteiger partial charge in [-0.05, 0) is 35.2 Å². The third-order valence-electron chi connectivity index (χ3n) is 5.27. The van der Waals surface area contributed by atoms with Crippen LogP contribution in [-0.2, 0) is 41.2 Å². The van der Waals surface area contributed by atoms with E-state index in [0.29, 0.717) is 0 Å². The third kappa shape index (κ3) is 6.68. The molecule has 0 aromatic heterocycles. The van der Waals surface area contributed by atoms with Crippen molar-refractivity contribution in [2.75, 3.05) is 0 Å². The number of hydrogen-bond donors (Lipinski definition) is 0. The molecule has 2 rings (SSSR count). The lowest BCUT2D eigenvalue weighted by Crippen LogP contribution is -2.21. The van der Waals surface area contributed by atoms with E-state index in [-0.39, 0.29) is 41.2 Å². The van der Waals surface area contributed by atoms with Gasteiger partial charge in [-0.2, -0.15) is 26.3 Å². The van der Waals surface area contributed by atoms with Crippen molar-refractivity contribution in [1.29, 1.82) is 0 Å². The van der Waals surface area contributed by atoms with E-state index in [1.807, 2.05) is 0 Å². The topological polar surface area (TPSA) is 34.1 Å². The van der Waals surface area contributed by atoms with Gasteiger partial charge in [0.1, 0.15) is 11.6 Å². The van der Waals surface area contributed by atoms with Crippen LogP contribution in [0.3, 0.4) is 0 Å². The molecule has 0 radical (unpaired) electrons. The lowest BCUT2D eigenvalue weighted by molar-refractivity contribution is -0.139. The molecular weight excluding hydrogens is 434 g/mol. The van der Waals surface area contributed by atoms with E-state index in [4.69, 9.17) is 0 Å². The highest BCUT2D eigenvalue weighted by Crippen LogP contribution is 2.35. The second-order valence-corrected chi connectivity index (χ2v) is 8.19. The smallest absolute Gasteiger partial charge is 0.299 e. The highest BCUT2D eigenvalue weighted by Gasteiger charge is 2.35. The minimum absolute atomic E-state index is 0.135. The molecule has 32 heavy (non-hydrogen) atoms. The molecule has 0 aliphatic carbocycles. The summed E-state index contributed by atoms with van der Waals surface area (Å²) >= 11 is 0. The standard InChI is InChI=1S/C24H24F6O2/c1-14(2)21(31)12-16-8-9-18(20(11-16)24(28,29)30)10-15(3)22(32)13-17-6-4-5-7-19(17)23(25,26)27/h4-9,11,14-15H,10,12-13H2,1-3H3. The summed E-state index contributed by atoms with van der Waals surface area (Å²) in [6.45, 7) is 4.71. The number of rotatable bonds is 8. The summed E-state index contributed by atoms with van der Waals surface area (Å²) in [6, 6.07) is 8.20. The van der Waals surface area contributed by atoms with Crippen molar-refractivity contribution in [2.24, 2.45) is 11.8 Å². The van der Waals surface area contributed by atoms with E-state index < -0.39 is 41.6 Å². The summed E-state index contributed by atoms with van der Waals surface area (Å²) < 4.78 is 80.3. The molecule has 1 unspecified atom stereocenters. The predicted molar refractivity (Wildman–Crippen MR) is 108 cm³/mol. The lowest BCUT2D eigenvalue weighted by atomic mass is 9.88. The van der Waals surface area contributed by atoms with Crippen molar-refractivity contribution in [2.45, 2.75) is 52.4 Å². The van der Waals surface area contributed by atoms with Gasteiger partial charge in [-0.25, -0.2) is 0 Å². The minimum Gasteiger partial charge on any atom is -0.299 e. The van der Waals surface area contributed by atoms with Crippen LogP contribution in [0, 0.1) is 11.8 Å². The molecule has 2 nitrogen and oxygen atoms in total. The highest BCUT2D eigenvalue weighted by molar-refractivity contribution is 5.84. The molecule has 0 aliphatic rings. The van der Waals surface area contributed by atoms with Gasteiger partial charge >= 0.3 is 12.4 Å². The average Bonchev–Trinajstić information content (AvgIpc) is 2.67. The van der Waals surface area contributed by atoms with Crippen LogP contribution in [0.1, 0.15) is 48.6 Å². The first-order valence-electron chi connectivity index (χ1n) is 10.1. The normalized spacial score (nSPS) is 13.3. The maximum Gasteiger partial charge on any atom is 0.416 e. The number of ketones is 2. The number of carbonyl (C=O) groups is 2. The number of Topliss-reactive ketones (excluding diaryl/α,β-unsaturated/α-hetero) is 2. The van der Waals surface area contributed by atoms with E-state index in [1.165, 1.54) is 37.3 Å². The molecule has 0 amide bonds. The van der Waals surface area contributed by atoms with Crippen LogP contribution in [0.4, 0.5) is 26.3 Å². The molecule has 8 heteroatoms. The monoisotopic (exact) mass is 458 g/mol. The Hall–Kier alpha value is -2.64. The zero-order chi connectivity index (χ0) is 24.3. The van der Waals surface area contributed by atoms with E-state index in [1.54, 1.807) is 13.8 Å². The summed E-state index contributed by atoms with van der Waals surface area (Å²) in [5.74, 6) is -2.03. The Labute approximate surface area is 182 Å². The second-order valence-electron chi connectivity index (χ2n) is 8.19. The van der Waals surface area contributed by atoms with E-state index in [0.717, 1.165) is 12.1 Å². The fourth-order valence-corrected chi connectivity index (χ4v) is 3.34. The van der Waals surface area contributed by atoms with Crippen LogP contribution in [0.25, 0.3) is 0 Å². The summed E-state index contributed by atoms with van der Waals surface area (Å²) in [5.41, 5.74) is -2.01. The average molecular weight is 458 g/mol. The fourth-order valence-electron chi connectivity index (χ4n) is 3.34. The Morgan fingerprint density at radius 2 is 1.34 bits per heavy atom. The maximum absolute atomic E-state index is 13.6. The summed E-state index contributed by atoms with van der Waals surface area (Å²) in [5, 5.41) is 0. The molecule has 0 saturated carbocycles. The molecule has 0 aliphatic heterocycles. The van der Waals surface area contributed by atoms with Gasteiger partial charge in [0.25, 0.3) is 0 Å². The number of benzene rings is 2. The van der Waals surface area contributed by atoms with E-state index >= 15 is 0 Å². The number of alkyl halides is 6. The molecule has 0 spiro atoms. The number of hydrogen-bond acceptors (Lipinski definition) is 2. The first kappa shape index (κ1) is 25.6. The summed E-state index contributed by atoms with van der Waals surface area (Å²) in [7, 11) is 0. The second kappa shape index (κ2) is 9.88. The molecule has 1 atom stereocenters. The third-order valence-corrected chi connectivity index (χ3v) is 5.27. The predicted octanol–water partition coefficient (Wildman–Crippen LogP) is 6.48. The molecule has 0 saturated heterocycles. The SMILES string of the molecule is CC(C)C(=O)Cc1ccc(CC(C)C(=O)Cc2ccccc2C(F)(F)F)c(C(F)(F)F)c1. The van der Waals surface area contributed by atoms with Gasteiger partial charge in [-0.1, -0.05) is 51.1 Å². The van der Waals surface area contributed by atoms with Gasteiger partial charge in [-0.15, -0.1) is 0 Å². The quantitative estimate of drug-likeness (QED) is 0.424. The molecule has 0 N–H and O–H groups in total. The molecular formula is C24H24F6O2. The van der Waals surface area contributed by atoms with E-state index in [2.05, 4.69) is 0 Å². The Kier molecular flexibility index (Phi) is 7.91. The Morgan fingerprint density at radius 1 is 0.750 bits per heavy atom. The maximum atomic E-state index is 13.6. The van der Waals surface area contributed by atoms with E-state index in [9.17, 15) is 35.9 Å². The first-order chi connectivity index (χ1) is 14.7. The molecule has 0 heterocycles. The van der Waals surface area contributed by atoms with Crippen LogP contribution in [0.5, 0.6) is 0 Å². The Morgan fingerprint density at radius 3 is 1.91 bits per heavy atom. The zero-order valence-corrected chi connectivity index (χ0v) is 17.9. The summed E-state index contributed by atoms with van der Waals surface area (Å²) in [6.07, 6.45) is -10.3. The lowest BCUT2D eigenvalue weighted by Gasteiger charge is -2.18. The number of carbonyl (C=O) groups excluding carboxylic acids is 2. The van der Waals surface area contributed by atoms with Crippen molar-refractivity contribution in [3.8, 4) is 0 Å². The molecule has 0 fully saturated rings. The largest absolute Gasteiger partial charge is 0.416 e. The van der Waals surface area contributed by atoms with Crippen molar-refractivity contribution >= 4 is 11.6 Å². The van der Waals surface area contributed by atoms with Crippen molar-refractivity contribution in [1.82, 2.24) is 0 Å². The van der Waals surface area contributed by atoms with Crippen LogP contribution in [-0.4, -0.2) is 11.6 Å². The van der Waals surface area contributed by atoms with Gasteiger partial charge in [-0.3, -0.25) is 9.59 Å². The van der Waals surface area contributed by atoms with Gasteiger partial charge < -0.3 is 0 Å². The summed E-state index contributed by atoms with van der Waals surface area (Å²) in [4.78, 5) is 24.4. The molecule has 2 aromatic carbocycles. The van der Waals surface area contributed by atoms with Gasteiger partial charge in [0.05, 0.1) is 11.1 Å². The first-order valence-corrected chi connectivity index (χ1v) is 10.1. The van der Waals surface area contributed by atoms with Gasteiger partial charge in [0, 0.05) is 24.7 Å². The van der Waals surface area contributed by atoms with Crippen molar-refractivity contribution in [3.63, 3.8) is 0 Å². The van der Waals surface area contributed by atoms with Gasteiger partial charge in [0.15, 0.2) is 0 Å². The minimum atomic E-state index is -4.70.